The van der Waals surface area contributed by atoms with Crippen molar-refractivity contribution in [3.63, 3.8) is 0 Å². The van der Waals surface area contributed by atoms with Crippen LogP contribution in [0.3, 0.4) is 0 Å². The summed E-state index contributed by atoms with van der Waals surface area (Å²) in [5.41, 5.74) is 7.64. The predicted molar refractivity (Wildman–Crippen MR) is 91.2 cm³/mol. The van der Waals surface area contributed by atoms with Gasteiger partial charge in [-0.2, -0.15) is 0 Å². The van der Waals surface area contributed by atoms with E-state index in [1.54, 1.807) is 16.6 Å². The minimum absolute atomic E-state index is 0.0553. The van der Waals surface area contributed by atoms with E-state index >= 15 is 0 Å². The van der Waals surface area contributed by atoms with E-state index in [1.807, 2.05) is 18.2 Å². The molecule has 3 heterocycles. The molecule has 0 bridgehead atoms. The Labute approximate surface area is 143 Å². The summed E-state index contributed by atoms with van der Waals surface area (Å²) >= 11 is 0. The monoisotopic (exact) mass is 340 g/mol. The van der Waals surface area contributed by atoms with Crippen LogP contribution >= 0.6 is 0 Å². The highest BCUT2D eigenvalue weighted by atomic mass is 19.1. The van der Waals surface area contributed by atoms with Gasteiger partial charge in [0.2, 0.25) is 0 Å². The van der Waals surface area contributed by atoms with Crippen molar-refractivity contribution in [1.29, 1.82) is 0 Å². The molecule has 0 spiro atoms. The first-order valence-electron chi connectivity index (χ1n) is 8.02. The number of rotatable bonds is 3. The fraction of sp³-hybridized carbons (Fsp3) is 0.235. The molecule has 7 nitrogen and oxygen atoms in total. The fourth-order valence-corrected chi connectivity index (χ4v) is 3.34. The van der Waals surface area contributed by atoms with Crippen LogP contribution in [-0.4, -0.2) is 32.2 Å². The first kappa shape index (κ1) is 15.4. The maximum atomic E-state index is 13.6. The third-order valence-electron chi connectivity index (χ3n) is 4.50. The third-order valence-corrected chi connectivity index (χ3v) is 4.50. The van der Waals surface area contributed by atoms with Gasteiger partial charge in [0.25, 0.3) is 0 Å². The molecule has 1 saturated heterocycles. The number of halogens is 1. The van der Waals surface area contributed by atoms with Gasteiger partial charge in [0.15, 0.2) is 11.5 Å². The van der Waals surface area contributed by atoms with Gasteiger partial charge in [-0.25, -0.2) is 13.9 Å². The second-order valence-electron chi connectivity index (χ2n) is 6.00. The van der Waals surface area contributed by atoms with Crippen molar-refractivity contribution in [2.24, 2.45) is 10.9 Å². The van der Waals surface area contributed by atoms with E-state index < -0.39 is 0 Å². The largest absolute Gasteiger partial charge is 0.409 e. The van der Waals surface area contributed by atoms with Crippen LogP contribution in [0.5, 0.6) is 0 Å². The zero-order valence-electron chi connectivity index (χ0n) is 13.4. The Kier molecular flexibility index (Phi) is 3.72. The maximum absolute atomic E-state index is 13.6. The highest BCUT2D eigenvalue weighted by Crippen LogP contribution is 2.35. The van der Waals surface area contributed by atoms with Gasteiger partial charge in [-0.1, -0.05) is 17.3 Å². The number of benzene rings is 1. The number of aromatic nitrogens is 3. The van der Waals surface area contributed by atoms with Gasteiger partial charge in [-0.3, -0.25) is 0 Å². The molecule has 0 unspecified atom stereocenters. The smallest absolute Gasteiger partial charge is 0.190 e. The lowest BCUT2D eigenvalue weighted by Gasteiger charge is -2.26. The van der Waals surface area contributed by atoms with Gasteiger partial charge < -0.3 is 15.8 Å². The Bertz CT molecular complexity index is 953. The molecule has 0 radical (unpaired) electrons. The number of hydrogen-bond donors (Lipinski definition) is 2. The lowest BCUT2D eigenvalue weighted by atomic mass is 10.0. The van der Waals surface area contributed by atoms with E-state index in [4.69, 9.17) is 10.9 Å². The van der Waals surface area contributed by atoms with Crippen molar-refractivity contribution in [1.82, 2.24) is 14.6 Å². The van der Waals surface area contributed by atoms with Gasteiger partial charge in [0.1, 0.15) is 17.3 Å². The van der Waals surface area contributed by atoms with Crippen molar-refractivity contribution in [2.45, 2.75) is 18.9 Å². The van der Waals surface area contributed by atoms with Crippen molar-refractivity contribution >= 4 is 17.3 Å². The van der Waals surface area contributed by atoms with E-state index in [9.17, 15) is 4.39 Å². The number of hydrogen-bond acceptors (Lipinski definition) is 5. The number of amidine groups is 1. The van der Waals surface area contributed by atoms with E-state index in [2.05, 4.69) is 20.1 Å². The summed E-state index contributed by atoms with van der Waals surface area (Å²) in [6.07, 6.45) is 3.44. The van der Waals surface area contributed by atoms with Crippen molar-refractivity contribution in [3.8, 4) is 0 Å². The minimum Gasteiger partial charge on any atom is -0.409 e. The number of anilines is 1. The number of oxime groups is 1. The Morgan fingerprint density at radius 3 is 3.00 bits per heavy atom. The summed E-state index contributed by atoms with van der Waals surface area (Å²) in [5, 5.41) is 16.5. The molecule has 0 saturated carbocycles. The zero-order valence-corrected chi connectivity index (χ0v) is 13.4. The number of nitrogens with two attached hydrogens (primary N) is 1. The summed E-state index contributed by atoms with van der Waals surface area (Å²) in [6.45, 7) is 0.827. The summed E-state index contributed by atoms with van der Waals surface area (Å²) in [4.78, 5) is 6.35. The SMILES string of the molecule is N/C(=N/O)c1cnc2ccc(N3CCC[C@@H]3c3cccc(F)c3)nn12. The highest BCUT2D eigenvalue weighted by Gasteiger charge is 2.28. The van der Waals surface area contributed by atoms with Crippen LogP contribution in [0, 0.1) is 5.82 Å². The average Bonchev–Trinajstić information content (AvgIpc) is 3.27. The standard InChI is InChI=1S/C17H17FN6O/c18-12-4-1-3-11(9-12)13-5-2-8-23(13)16-7-6-15-20-10-14(17(19)22-25)24(15)21-16/h1,3-4,6-7,9-10,13,25H,2,5,8H2,(H2,19,22)/t13-/m1/s1. The fourth-order valence-electron chi connectivity index (χ4n) is 3.34. The normalized spacial score (nSPS) is 18.2. The number of fused-ring (bicyclic) bond motifs is 1. The first-order valence-corrected chi connectivity index (χ1v) is 8.02. The lowest BCUT2D eigenvalue weighted by Crippen LogP contribution is -2.25. The Hall–Kier alpha value is -3.16. The van der Waals surface area contributed by atoms with Gasteiger partial charge in [0, 0.05) is 6.54 Å². The summed E-state index contributed by atoms with van der Waals surface area (Å²) in [6, 6.07) is 10.5. The molecule has 3 aromatic rings. The van der Waals surface area contributed by atoms with E-state index in [0.717, 1.165) is 30.8 Å². The molecule has 0 amide bonds. The van der Waals surface area contributed by atoms with E-state index in [0.29, 0.717) is 11.3 Å². The minimum atomic E-state index is -0.239. The molecule has 1 atom stereocenters. The number of nitrogens with zero attached hydrogens (tertiary/aromatic N) is 5. The average molecular weight is 340 g/mol. The summed E-state index contributed by atoms with van der Waals surface area (Å²) < 4.78 is 15.1. The van der Waals surface area contributed by atoms with E-state index in [-0.39, 0.29) is 17.7 Å². The molecule has 25 heavy (non-hydrogen) atoms. The van der Waals surface area contributed by atoms with Gasteiger partial charge >= 0.3 is 0 Å². The third kappa shape index (κ3) is 2.65. The Balaban J connectivity index is 1.75. The molecular formula is C17H17FN6O. The molecule has 3 N–H and O–H groups in total. The van der Waals surface area contributed by atoms with Crippen molar-refractivity contribution in [2.75, 3.05) is 11.4 Å². The zero-order chi connectivity index (χ0) is 17.4. The van der Waals surface area contributed by atoms with E-state index in [1.165, 1.54) is 12.3 Å². The molecule has 8 heteroatoms. The maximum Gasteiger partial charge on any atom is 0.190 e. The van der Waals surface area contributed by atoms with Gasteiger partial charge in [-0.15, -0.1) is 5.10 Å². The van der Waals surface area contributed by atoms with Crippen LogP contribution in [-0.2, 0) is 0 Å². The molecule has 1 fully saturated rings. The molecule has 1 aliphatic rings. The molecule has 1 aromatic carbocycles. The van der Waals surface area contributed by atoms with Crippen LogP contribution in [0.4, 0.5) is 10.2 Å². The first-order chi connectivity index (χ1) is 12.2. The molecule has 128 valence electrons. The van der Waals surface area contributed by atoms with Crippen LogP contribution in [0.2, 0.25) is 0 Å². The topological polar surface area (TPSA) is 92.0 Å². The summed E-state index contributed by atoms with van der Waals surface area (Å²) in [5.74, 6) is 0.445. The predicted octanol–water partition coefficient (Wildman–Crippen LogP) is 2.30. The quantitative estimate of drug-likeness (QED) is 0.330. The molecule has 0 aliphatic carbocycles. The van der Waals surface area contributed by atoms with Crippen LogP contribution in [0.1, 0.15) is 30.1 Å². The second-order valence-corrected chi connectivity index (χ2v) is 6.00. The second kappa shape index (κ2) is 6.04. The Morgan fingerprint density at radius 2 is 2.20 bits per heavy atom. The summed E-state index contributed by atoms with van der Waals surface area (Å²) in [7, 11) is 0. The highest BCUT2D eigenvalue weighted by molar-refractivity contribution is 5.95. The Morgan fingerprint density at radius 1 is 1.32 bits per heavy atom. The van der Waals surface area contributed by atoms with Crippen LogP contribution < -0.4 is 10.6 Å². The molecule has 1 aliphatic heterocycles. The molecule has 2 aromatic heterocycles. The van der Waals surface area contributed by atoms with Crippen LogP contribution in [0.15, 0.2) is 47.8 Å². The van der Waals surface area contributed by atoms with Crippen molar-refractivity contribution in [3.05, 3.63) is 59.7 Å². The van der Waals surface area contributed by atoms with Crippen LogP contribution in [0.25, 0.3) is 5.65 Å². The number of imidazole rings is 1. The van der Waals surface area contributed by atoms with Gasteiger partial charge in [-0.05, 0) is 42.7 Å². The van der Waals surface area contributed by atoms with Gasteiger partial charge in [0.05, 0.1) is 12.2 Å². The molecule has 4 rings (SSSR count). The molecular weight excluding hydrogens is 323 g/mol. The van der Waals surface area contributed by atoms with Crippen molar-refractivity contribution < 1.29 is 9.60 Å². The lowest BCUT2D eigenvalue weighted by molar-refractivity contribution is 0.318.